The van der Waals surface area contributed by atoms with Crippen LogP contribution in [0.1, 0.15) is 30.9 Å². The fraction of sp³-hybridized carbons (Fsp3) is 0.474. The summed E-state index contributed by atoms with van der Waals surface area (Å²) in [6, 6.07) is 7.99. The van der Waals surface area contributed by atoms with Crippen molar-refractivity contribution in [2.24, 2.45) is 0 Å². The number of carbonyl (C=O) groups is 2. The van der Waals surface area contributed by atoms with E-state index >= 15 is 0 Å². The van der Waals surface area contributed by atoms with Crippen molar-refractivity contribution in [3.63, 3.8) is 0 Å². The molecule has 8 heteroatoms. The Balaban J connectivity index is 1.39. The molecule has 2 amide bonds. The Morgan fingerprint density at radius 1 is 1.26 bits per heavy atom. The van der Waals surface area contributed by atoms with Gasteiger partial charge >= 0.3 is 0 Å². The quantitative estimate of drug-likeness (QED) is 0.824. The maximum absolute atomic E-state index is 12.5. The van der Waals surface area contributed by atoms with Crippen LogP contribution in [0.15, 0.2) is 36.7 Å². The second-order valence-electron chi connectivity index (χ2n) is 6.76. The zero-order chi connectivity index (χ0) is 19.1. The first-order valence-electron chi connectivity index (χ1n) is 9.19. The number of carbonyl (C=O) groups excluding carboxylic acids is 2. The lowest BCUT2D eigenvalue weighted by Crippen LogP contribution is -2.33. The van der Waals surface area contributed by atoms with Crippen LogP contribution in [0.2, 0.25) is 0 Å². The van der Waals surface area contributed by atoms with Crippen LogP contribution in [0.5, 0.6) is 0 Å². The van der Waals surface area contributed by atoms with Gasteiger partial charge in [-0.15, -0.1) is 16.9 Å². The first-order chi connectivity index (χ1) is 13.1. The number of hydrogen-bond donors (Lipinski definition) is 1. The zero-order valence-electron chi connectivity index (χ0n) is 15.5. The van der Waals surface area contributed by atoms with Crippen LogP contribution in [0.4, 0.5) is 5.69 Å². The smallest absolute Gasteiger partial charge is 0.234 e. The Morgan fingerprint density at radius 2 is 2.15 bits per heavy atom. The highest BCUT2D eigenvalue weighted by Gasteiger charge is 2.22. The van der Waals surface area contributed by atoms with E-state index in [4.69, 9.17) is 0 Å². The van der Waals surface area contributed by atoms with Crippen LogP contribution in [0.3, 0.4) is 0 Å². The molecular formula is C19H25N5O2S. The predicted octanol–water partition coefficient (Wildman–Crippen LogP) is 2.51. The summed E-state index contributed by atoms with van der Waals surface area (Å²) in [5.41, 5.74) is 1.89. The molecule has 3 rings (SSSR count). The number of hydrogen-bond acceptors (Lipinski definition) is 5. The third-order valence-electron chi connectivity index (χ3n) is 4.63. The summed E-state index contributed by atoms with van der Waals surface area (Å²) in [5.74, 6) is 0.618. The van der Waals surface area contributed by atoms with Gasteiger partial charge in [-0.3, -0.25) is 9.59 Å². The maximum Gasteiger partial charge on any atom is 0.234 e. The van der Waals surface area contributed by atoms with Gasteiger partial charge in [0.15, 0.2) is 0 Å². The Labute approximate surface area is 163 Å². The van der Waals surface area contributed by atoms with E-state index in [1.807, 2.05) is 47.0 Å². The van der Waals surface area contributed by atoms with E-state index < -0.39 is 0 Å². The number of nitrogens with zero attached hydrogens (tertiary/aromatic N) is 4. The topological polar surface area (TPSA) is 80.1 Å². The molecule has 0 bridgehead atoms. The average molecular weight is 388 g/mol. The summed E-state index contributed by atoms with van der Waals surface area (Å²) in [4.78, 5) is 26.4. The molecule has 0 aliphatic carbocycles. The van der Waals surface area contributed by atoms with Crippen molar-refractivity contribution < 1.29 is 9.59 Å². The van der Waals surface area contributed by atoms with Gasteiger partial charge in [-0.05, 0) is 43.9 Å². The lowest BCUT2D eigenvalue weighted by molar-refractivity contribution is -0.128. The Bertz CT molecular complexity index is 765. The van der Waals surface area contributed by atoms with Gasteiger partial charge in [0, 0.05) is 25.0 Å². The van der Waals surface area contributed by atoms with E-state index in [9.17, 15) is 9.59 Å². The van der Waals surface area contributed by atoms with Crippen molar-refractivity contribution >= 4 is 29.3 Å². The van der Waals surface area contributed by atoms with E-state index in [1.54, 1.807) is 6.20 Å². The van der Waals surface area contributed by atoms with Crippen LogP contribution < -0.4 is 5.32 Å². The minimum atomic E-state index is -0.0829. The second-order valence-corrected chi connectivity index (χ2v) is 7.74. The summed E-state index contributed by atoms with van der Waals surface area (Å²) in [5, 5.41) is 10.8. The molecule has 1 unspecified atom stereocenters. The third-order valence-corrected chi connectivity index (χ3v) is 5.54. The van der Waals surface area contributed by atoms with Crippen molar-refractivity contribution in [3.05, 3.63) is 42.2 Å². The first kappa shape index (κ1) is 19.4. The highest BCUT2D eigenvalue weighted by molar-refractivity contribution is 8.00. The minimum absolute atomic E-state index is 0.0829. The summed E-state index contributed by atoms with van der Waals surface area (Å²) in [6.45, 7) is 3.47. The standard InChI is InChI=1S/C19H25N5O2S/c1-15-4-2-5-16(12-15)21-18(25)13-27-14-19(26)23-9-3-6-17(7-10-23)24-11-8-20-22-24/h2,4-5,8,11-12,17H,3,6-7,9-10,13-14H2,1H3,(H,21,25). The number of anilines is 1. The van der Waals surface area contributed by atoms with Gasteiger partial charge in [0.25, 0.3) is 0 Å². The molecule has 7 nitrogen and oxygen atoms in total. The molecule has 1 aromatic carbocycles. The molecule has 144 valence electrons. The Morgan fingerprint density at radius 3 is 2.93 bits per heavy atom. The van der Waals surface area contributed by atoms with Crippen molar-refractivity contribution in [1.29, 1.82) is 0 Å². The minimum Gasteiger partial charge on any atom is -0.342 e. The highest BCUT2D eigenvalue weighted by atomic mass is 32.2. The molecule has 1 N–H and O–H groups in total. The predicted molar refractivity (Wildman–Crippen MR) is 107 cm³/mol. The van der Waals surface area contributed by atoms with Crippen molar-refractivity contribution in [3.8, 4) is 0 Å². The monoisotopic (exact) mass is 387 g/mol. The molecular weight excluding hydrogens is 362 g/mol. The van der Waals surface area contributed by atoms with Crippen LogP contribution >= 0.6 is 11.8 Å². The summed E-state index contributed by atoms with van der Waals surface area (Å²) >= 11 is 1.36. The maximum atomic E-state index is 12.5. The van der Waals surface area contributed by atoms with Crippen molar-refractivity contribution in [2.75, 3.05) is 29.9 Å². The fourth-order valence-corrected chi connectivity index (χ4v) is 3.96. The second kappa shape index (κ2) is 9.55. The number of aromatic nitrogens is 3. The molecule has 2 aromatic rings. The van der Waals surface area contributed by atoms with Gasteiger partial charge in [0.1, 0.15) is 0 Å². The molecule has 0 spiro atoms. The molecule has 1 fully saturated rings. The van der Waals surface area contributed by atoms with Gasteiger partial charge in [-0.1, -0.05) is 17.3 Å². The molecule has 0 saturated carbocycles. The summed E-state index contributed by atoms with van der Waals surface area (Å²) in [7, 11) is 0. The van der Waals surface area contributed by atoms with E-state index in [2.05, 4.69) is 15.6 Å². The van der Waals surface area contributed by atoms with Crippen molar-refractivity contribution in [2.45, 2.75) is 32.2 Å². The van der Waals surface area contributed by atoms with E-state index in [-0.39, 0.29) is 17.6 Å². The zero-order valence-corrected chi connectivity index (χ0v) is 16.3. The Hall–Kier alpha value is -2.35. The number of rotatable bonds is 6. The van der Waals surface area contributed by atoms with Crippen LogP contribution in [0.25, 0.3) is 0 Å². The summed E-state index contributed by atoms with van der Waals surface area (Å²) in [6.07, 6.45) is 6.40. The normalized spacial score (nSPS) is 17.4. The van der Waals surface area contributed by atoms with Gasteiger partial charge in [-0.25, -0.2) is 4.68 Å². The molecule has 1 aliphatic rings. The number of thioether (sulfide) groups is 1. The molecule has 0 radical (unpaired) electrons. The SMILES string of the molecule is Cc1cccc(NC(=O)CSCC(=O)N2CCCC(n3ccnn3)CC2)c1. The fourth-order valence-electron chi connectivity index (χ4n) is 3.25. The number of nitrogens with one attached hydrogen (secondary N) is 1. The molecule has 1 aromatic heterocycles. The van der Waals surface area contributed by atoms with Crippen LogP contribution in [-0.4, -0.2) is 56.3 Å². The first-order valence-corrected chi connectivity index (χ1v) is 10.3. The number of benzene rings is 1. The van der Waals surface area contributed by atoms with Crippen LogP contribution in [0, 0.1) is 6.92 Å². The number of likely N-dealkylation sites (tertiary alicyclic amines) is 1. The van der Waals surface area contributed by atoms with E-state index in [1.165, 1.54) is 11.8 Å². The van der Waals surface area contributed by atoms with Crippen molar-refractivity contribution in [1.82, 2.24) is 19.9 Å². The largest absolute Gasteiger partial charge is 0.342 e. The molecule has 1 saturated heterocycles. The van der Waals surface area contributed by atoms with Gasteiger partial charge < -0.3 is 10.2 Å². The molecule has 27 heavy (non-hydrogen) atoms. The molecule has 2 heterocycles. The molecule has 1 atom stereocenters. The molecule has 1 aliphatic heterocycles. The highest BCUT2D eigenvalue weighted by Crippen LogP contribution is 2.22. The average Bonchev–Trinajstić information content (AvgIpc) is 3.06. The number of amides is 2. The number of aryl methyl sites for hydroxylation is 1. The third kappa shape index (κ3) is 5.82. The lowest BCUT2D eigenvalue weighted by atomic mass is 10.1. The van der Waals surface area contributed by atoms with E-state index in [0.29, 0.717) is 11.8 Å². The summed E-state index contributed by atoms with van der Waals surface area (Å²) < 4.78 is 1.89. The Kier molecular flexibility index (Phi) is 6.86. The van der Waals surface area contributed by atoms with Crippen LogP contribution in [-0.2, 0) is 9.59 Å². The van der Waals surface area contributed by atoms with Gasteiger partial charge in [-0.2, -0.15) is 0 Å². The van der Waals surface area contributed by atoms with Gasteiger partial charge in [0.05, 0.1) is 23.7 Å². The lowest BCUT2D eigenvalue weighted by Gasteiger charge is -2.20. The van der Waals surface area contributed by atoms with E-state index in [0.717, 1.165) is 43.6 Å². The van der Waals surface area contributed by atoms with Gasteiger partial charge in [0.2, 0.25) is 11.8 Å².